The number of aryl methyl sites for hydroxylation is 1. The van der Waals surface area contributed by atoms with E-state index in [4.69, 9.17) is 8.94 Å². The van der Waals surface area contributed by atoms with Gasteiger partial charge in [-0.3, -0.25) is 9.80 Å². The van der Waals surface area contributed by atoms with Crippen LogP contribution in [0.4, 0.5) is 0 Å². The molecule has 2 aliphatic rings. The van der Waals surface area contributed by atoms with Gasteiger partial charge in [-0.05, 0) is 33.2 Å². The monoisotopic (exact) mass is 345 g/mol. The van der Waals surface area contributed by atoms with E-state index in [0.29, 0.717) is 12.0 Å². The van der Waals surface area contributed by atoms with Crippen LogP contribution in [0, 0.1) is 0 Å². The Morgan fingerprint density at radius 1 is 1.36 bits per heavy atom. The number of hydrogen-bond donors (Lipinski definition) is 0. The van der Waals surface area contributed by atoms with E-state index in [2.05, 4.69) is 45.8 Å². The Morgan fingerprint density at radius 2 is 2.20 bits per heavy atom. The lowest BCUT2D eigenvalue weighted by atomic mass is 10.2. The Morgan fingerprint density at radius 3 is 2.92 bits per heavy atom. The summed E-state index contributed by atoms with van der Waals surface area (Å²) in [4.78, 5) is 13.7. The van der Waals surface area contributed by atoms with E-state index in [1.165, 1.54) is 12.8 Å². The van der Waals surface area contributed by atoms with Gasteiger partial charge in [0.15, 0.2) is 5.82 Å². The zero-order chi connectivity index (χ0) is 17.4. The highest BCUT2D eigenvalue weighted by Crippen LogP contribution is 2.38. The number of likely N-dealkylation sites (tertiary alicyclic amines) is 1. The summed E-state index contributed by atoms with van der Waals surface area (Å²) < 4.78 is 11.2. The average Bonchev–Trinajstić information content (AvgIpc) is 3.07. The molecule has 7 nitrogen and oxygen atoms in total. The van der Waals surface area contributed by atoms with Crippen LogP contribution < -0.4 is 0 Å². The van der Waals surface area contributed by atoms with E-state index in [-0.39, 0.29) is 6.04 Å². The zero-order valence-electron chi connectivity index (χ0n) is 15.3. The molecule has 1 saturated carbocycles. The number of hydrogen-bond acceptors (Lipinski definition) is 7. The normalized spacial score (nSPS) is 22.8. The van der Waals surface area contributed by atoms with Crippen molar-refractivity contribution in [3.05, 3.63) is 29.6 Å². The van der Waals surface area contributed by atoms with Gasteiger partial charge >= 0.3 is 0 Å². The van der Waals surface area contributed by atoms with E-state index in [1.807, 2.05) is 6.20 Å². The highest BCUT2D eigenvalue weighted by atomic mass is 16.5. The number of oxazole rings is 1. The van der Waals surface area contributed by atoms with Gasteiger partial charge in [0.2, 0.25) is 11.8 Å². The van der Waals surface area contributed by atoms with Crippen LogP contribution in [0.15, 0.2) is 15.1 Å². The number of aromatic nitrogens is 3. The molecule has 0 amide bonds. The van der Waals surface area contributed by atoms with Crippen LogP contribution in [0.1, 0.15) is 68.4 Å². The van der Waals surface area contributed by atoms with E-state index in [9.17, 15) is 0 Å². The van der Waals surface area contributed by atoms with Gasteiger partial charge in [-0.15, -0.1) is 0 Å². The van der Waals surface area contributed by atoms with Crippen LogP contribution in [-0.2, 0) is 13.0 Å². The Hall–Kier alpha value is -1.73. The molecule has 2 aromatic rings. The first-order valence-electron chi connectivity index (χ1n) is 9.35. The molecule has 25 heavy (non-hydrogen) atoms. The van der Waals surface area contributed by atoms with Crippen molar-refractivity contribution in [1.82, 2.24) is 24.9 Å². The molecule has 0 N–H and O–H groups in total. The quantitative estimate of drug-likeness (QED) is 0.764. The second-order valence-corrected chi connectivity index (χ2v) is 7.37. The van der Waals surface area contributed by atoms with Gasteiger partial charge in [0.25, 0.3) is 0 Å². The smallest absolute Gasteiger partial charge is 0.243 e. The van der Waals surface area contributed by atoms with Gasteiger partial charge in [-0.1, -0.05) is 12.1 Å². The predicted octanol–water partition coefficient (Wildman–Crippen LogP) is 2.76. The third-order valence-corrected chi connectivity index (χ3v) is 5.46. The minimum absolute atomic E-state index is 0.173. The maximum absolute atomic E-state index is 5.74. The van der Waals surface area contributed by atoms with Crippen molar-refractivity contribution in [1.29, 1.82) is 0 Å². The molecule has 0 unspecified atom stereocenters. The average molecular weight is 345 g/mol. The third kappa shape index (κ3) is 3.62. The molecule has 0 bridgehead atoms. The van der Waals surface area contributed by atoms with Crippen molar-refractivity contribution in [2.75, 3.05) is 20.1 Å². The molecule has 0 aromatic carbocycles. The molecule has 1 aliphatic heterocycles. The van der Waals surface area contributed by atoms with Gasteiger partial charge < -0.3 is 8.94 Å². The van der Waals surface area contributed by atoms with Crippen LogP contribution in [0.2, 0.25) is 0 Å². The van der Waals surface area contributed by atoms with E-state index in [0.717, 1.165) is 55.8 Å². The van der Waals surface area contributed by atoms with Crippen LogP contribution in [0.25, 0.3) is 0 Å². The predicted molar refractivity (Wildman–Crippen MR) is 92.0 cm³/mol. The summed E-state index contributed by atoms with van der Waals surface area (Å²) in [6, 6.07) is 0.664. The van der Waals surface area contributed by atoms with Gasteiger partial charge in [0, 0.05) is 31.5 Å². The molecule has 2 fully saturated rings. The standard InChI is InChI=1S/C18H27N5O2/c1-4-15-9-19-16(24-15)11-22(3)14-7-8-23(10-14)12(2)18-20-17(21-25-18)13-5-6-13/h9,12-14H,4-8,10-11H2,1-3H3/t12-,14+/m1/s1. The first-order chi connectivity index (χ1) is 12.1. The first-order valence-corrected chi connectivity index (χ1v) is 9.35. The van der Waals surface area contributed by atoms with Crippen molar-refractivity contribution in [3.63, 3.8) is 0 Å². The molecule has 2 atom stereocenters. The van der Waals surface area contributed by atoms with Crippen molar-refractivity contribution in [2.45, 2.75) is 64.1 Å². The summed E-state index contributed by atoms with van der Waals surface area (Å²) in [5.41, 5.74) is 0. The van der Waals surface area contributed by atoms with Gasteiger partial charge in [0.05, 0.1) is 18.8 Å². The van der Waals surface area contributed by atoms with Crippen LogP contribution in [-0.4, -0.2) is 51.1 Å². The molecule has 3 heterocycles. The Bertz CT molecular complexity index is 708. The lowest BCUT2D eigenvalue weighted by molar-refractivity contribution is 0.172. The largest absolute Gasteiger partial charge is 0.444 e. The van der Waals surface area contributed by atoms with Crippen LogP contribution >= 0.6 is 0 Å². The minimum atomic E-state index is 0.173. The molecule has 0 radical (unpaired) electrons. The Balaban J connectivity index is 1.33. The molecule has 0 spiro atoms. The zero-order valence-corrected chi connectivity index (χ0v) is 15.3. The van der Waals surface area contributed by atoms with Gasteiger partial charge in [-0.2, -0.15) is 4.98 Å². The molecule has 7 heteroatoms. The fraction of sp³-hybridized carbons (Fsp3) is 0.722. The Kier molecular flexibility index (Phi) is 4.60. The summed E-state index contributed by atoms with van der Waals surface area (Å²) in [5.74, 6) is 3.94. The van der Waals surface area contributed by atoms with Crippen molar-refractivity contribution >= 4 is 0 Å². The second kappa shape index (κ2) is 6.88. The van der Waals surface area contributed by atoms with E-state index in [1.54, 1.807) is 0 Å². The van der Waals surface area contributed by atoms with Gasteiger partial charge in [0.1, 0.15) is 5.76 Å². The second-order valence-electron chi connectivity index (χ2n) is 7.37. The van der Waals surface area contributed by atoms with E-state index < -0.39 is 0 Å². The summed E-state index contributed by atoms with van der Waals surface area (Å²) >= 11 is 0. The SMILES string of the molecule is CCc1cnc(CN(C)[C@H]2CCN([C@H](C)c3nc(C4CC4)no3)C2)o1. The maximum Gasteiger partial charge on any atom is 0.243 e. The molecule has 2 aromatic heterocycles. The number of likely N-dealkylation sites (N-methyl/N-ethyl adjacent to an activating group) is 1. The summed E-state index contributed by atoms with van der Waals surface area (Å²) in [6.07, 6.45) is 6.25. The van der Waals surface area contributed by atoms with E-state index >= 15 is 0 Å². The minimum Gasteiger partial charge on any atom is -0.444 e. The lowest BCUT2D eigenvalue weighted by Crippen LogP contribution is -2.35. The lowest BCUT2D eigenvalue weighted by Gasteiger charge is -2.25. The summed E-state index contributed by atoms with van der Waals surface area (Å²) in [7, 11) is 2.15. The molecule has 1 saturated heterocycles. The molecule has 136 valence electrons. The molecule has 1 aliphatic carbocycles. The summed E-state index contributed by atoms with van der Waals surface area (Å²) in [5, 5.41) is 4.15. The van der Waals surface area contributed by atoms with Crippen molar-refractivity contribution in [2.24, 2.45) is 0 Å². The topological polar surface area (TPSA) is 71.4 Å². The molecule has 4 rings (SSSR count). The maximum atomic E-state index is 5.74. The third-order valence-electron chi connectivity index (χ3n) is 5.46. The highest BCUT2D eigenvalue weighted by molar-refractivity contribution is 5.05. The fourth-order valence-corrected chi connectivity index (χ4v) is 3.49. The molecular weight excluding hydrogens is 318 g/mol. The van der Waals surface area contributed by atoms with Crippen LogP contribution in [0.5, 0.6) is 0 Å². The molecular formula is C18H27N5O2. The number of rotatable bonds is 7. The Labute approximate surface area is 148 Å². The first kappa shape index (κ1) is 16.7. The number of nitrogens with zero attached hydrogens (tertiary/aromatic N) is 5. The van der Waals surface area contributed by atoms with Gasteiger partial charge in [-0.25, -0.2) is 4.98 Å². The van der Waals surface area contributed by atoms with Crippen LogP contribution in [0.3, 0.4) is 0 Å². The van der Waals surface area contributed by atoms with Crippen molar-refractivity contribution in [3.8, 4) is 0 Å². The highest BCUT2D eigenvalue weighted by Gasteiger charge is 2.34. The summed E-state index contributed by atoms with van der Waals surface area (Å²) in [6.45, 7) is 7.03. The fourth-order valence-electron chi connectivity index (χ4n) is 3.49. The van der Waals surface area contributed by atoms with Crippen molar-refractivity contribution < 1.29 is 8.94 Å².